The second kappa shape index (κ2) is 7.60. The number of halogens is 1. The molecule has 0 atom stereocenters. The van der Waals surface area contributed by atoms with Crippen molar-refractivity contribution in [1.82, 2.24) is 39.7 Å². The van der Waals surface area contributed by atoms with Crippen molar-refractivity contribution in [3.8, 4) is 17.2 Å². The zero-order valence-electron chi connectivity index (χ0n) is 16.3. The Hall–Kier alpha value is -3.72. The minimum Gasteiger partial charge on any atom is -0.311 e. The Bertz CT molecular complexity index is 1360. The predicted octanol–water partition coefficient (Wildman–Crippen LogP) is 2.78. The van der Waals surface area contributed by atoms with Crippen LogP contribution in [0.4, 0.5) is 0 Å². The third-order valence-electron chi connectivity index (χ3n) is 5.06. The summed E-state index contributed by atoms with van der Waals surface area (Å²) in [6.07, 6.45) is 1.72. The number of nitrogens with one attached hydrogen (secondary N) is 2. The molecule has 30 heavy (non-hydrogen) atoms. The van der Waals surface area contributed by atoms with Gasteiger partial charge >= 0.3 is 5.69 Å². The highest BCUT2D eigenvalue weighted by Gasteiger charge is 2.14. The third-order valence-corrected chi connectivity index (χ3v) is 5.06. The summed E-state index contributed by atoms with van der Waals surface area (Å²) >= 11 is 0. The molecule has 0 bridgehead atoms. The Morgan fingerprint density at radius 1 is 1.03 bits per heavy atom. The first kappa shape index (κ1) is 19.6. The van der Waals surface area contributed by atoms with Crippen LogP contribution in [0, 0.1) is 13.8 Å². The minimum atomic E-state index is -0.161. The number of H-pyrrole nitrogens is 2. The summed E-state index contributed by atoms with van der Waals surface area (Å²) in [6.45, 7) is 4.43. The van der Waals surface area contributed by atoms with Gasteiger partial charge in [-0.3, -0.25) is 4.57 Å². The van der Waals surface area contributed by atoms with Crippen LogP contribution in [0.1, 0.15) is 16.8 Å². The van der Waals surface area contributed by atoms with Gasteiger partial charge < -0.3 is 9.55 Å². The summed E-state index contributed by atoms with van der Waals surface area (Å²) in [4.78, 5) is 19.7. The lowest BCUT2D eigenvalue weighted by Crippen LogP contribution is -2.17. The second-order valence-corrected chi connectivity index (χ2v) is 6.94. The standard InChI is InChI=1S/C20H18N8O.ClH/c1-12-9-10-21-19-17(12)22-20(29)27(19)11-14-4-6-15(7-5-14)28-13(2)3-8-16(28)18-23-25-26-24-18;/h3-10H,11H2,1-2H3,(H,22,29)(H,23,24,25,26);1H. The van der Waals surface area contributed by atoms with Gasteiger partial charge in [0.1, 0.15) is 0 Å². The van der Waals surface area contributed by atoms with Gasteiger partial charge in [-0.15, -0.1) is 22.6 Å². The highest BCUT2D eigenvalue weighted by atomic mass is 35.5. The van der Waals surface area contributed by atoms with Crippen LogP contribution in [0.2, 0.25) is 0 Å². The molecule has 0 aliphatic heterocycles. The number of fused-ring (bicyclic) bond motifs is 1. The van der Waals surface area contributed by atoms with Crippen LogP contribution in [-0.4, -0.2) is 39.7 Å². The molecule has 4 heterocycles. The first-order valence-corrected chi connectivity index (χ1v) is 9.17. The summed E-state index contributed by atoms with van der Waals surface area (Å²) in [5, 5.41) is 14.3. The molecule has 0 spiro atoms. The van der Waals surface area contributed by atoms with E-state index in [1.807, 2.05) is 56.3 Å². The number of rotatable bonds is 4. The SMILES string of the molecule is Cc1ccnc2c1[nH]c(=O)n2Cc1ccc(-n2c(C)ccc2-c2nn[nH]n2)cc1.Cl. The van der Waals surface area contributed by atoms with Crippen molar-refractivity contribution in [2.24, 2.45) is 0 Å². The Labute approximate surface area is 177 Å². The zero-order valence-corrected chi connectivity index (χ0v) is 17.1. The lowest BCUT2D eigenvalue weighted by atomic mass is 10.2. The molecular weight excluding hydrogens is 404 g/mol. The topological polar surface area (TPSA) is 110 Å². The van der Waals surface area contributed by atoms with E-state index in [0.717, 1.165) is 33.7 Å². The van der Waals surface area contributed by atoms with Crippen molar-refractivity contribution in [1.29, 1.82) is 0 Å². The summed E-state index contributed by atoms with van der Waals surface area (Å²) in [7, 11) is 0. The fourth-order valence-electron chi connectivity index (χ4n) is 3.58. The van der Waals surface area contributed by atoms with Crippen LogP contribution in [0.5, 0.6) is 0 Å². The monoisotopic (exact) mass is 422 g/mol. The maximum Gasteiger partial charge on any atom is 0.327 e. The van der Waals surface area contributed by atoms with Crippen molar-refractivity contribution in [2.75, 3.05) is 0 Å². The summed E-state index contributed by atoms with van der Waals surface area (Å²) < 4.78 is 3.72. The minimum absolute atomic E-state index is 0. The largest absolute Gasteiger partial charge is 0.327 e. The van der Waals surface area contributed by atoms with Crippen molar-refractivity contribution in [2.45, 2.75) is 20.4 Å². The highest BCUT2D eigenvalue weighted by Crippen LogP contribution is 2.24. The van der Waals surface area contributed by atoms with Crippen molar-refractivity contribution in [3.63, 3.8) is 0 Å². The van der Waals surface area contributed by atoms with Crippen LogP contribution in [0.25, 0.3) is 28.4 Å². The molecule has 0 aliphatic rings. The highest BCUT2D eigenvalue weighted by molar-refractivity contribution is 5.85. The number of aromatic nitrogens is 8. The Morgan fingerprint density at radius 2 is 1.83 bits per heavy atom. The maximum absolute atomic E-state index is 12.4. The van der Waals surface area contributed by atoms with E-state index in [2.05, 4.69) is 35.2 Å². The van der Waals surface area contributed by atoms with Crippen LogP contribution >= 0.6 is 12.4 Å². The number of imidazole rings is 1. The van der Waals surface area contributed by atoms with Gasteiger partial charge in [-0.2, -0.15) is 5.21 Å². The number of hydrogen-bond acceptors (Lipinski definition) is 5. The van der Waals surface area contributed by atoms with Crippen LogP contribution < -0.4 is 5.69 Å². The average Bonchev–Trinajstić information content (AvgIpc) is 3.44. The lowest BCUT2D eigenvalue weighted by molar-refractivity contribution is 0.777. The Kier molecular flexibility index (Phi) is 4.96. The molecule has 0 saturated heterocycles. The second-order valence-electron chi connectivity index (χ2n) is 6.94. The Morgan fingerprint density at radius 3 is 2.57 bits per heavy atom. The molecule has 0 fully saturated rings. The number of aryl methyl sites for hydroxylation is 2. The van der Waals surface area contributed by atoms with Crippen molar-refractivity contribution >= 4 is 23.6 Å². The average molecular weight is 423 g/mol. The number of aromatic amines is 2. The van der Waals surface area contributed by atoms with Gasteiger partial charge in [0.2, 0.25) is 5.82 Å². The molecule has 9 nitrogen and oxygen atoms in total. The van der Waals surface area contributed by atoms with E-state index >= 15 is 0 Å². The molecule has 0 amide bonds. The summed E-state index contributed by atoms with van der Waals surface area (Å²) in [5.41, 5.74) is 6.19. The van der Waals surface area contributed by atoms with Gasteiger partial charge in [0.05, 0.1) is 17.8 Å². The van der Waals surface area contributed by atoms with E-state index in [0.29, 0.717) is 18.0 Å². The van der Waals surface area contributed by atoms with Crippen molar-refractivity contribution < 1.29 is 0 Å². The van der Waals surface area contributed by atoms with Crippen LogP contribution in [-0.2, 0) is 6.54 Å². The summed E-state index contributed by atoms with van der Waals surface area (Å²) in [6, 6.07) is 13.9. The van der Waals surface area contributed by atoms with E-state index in [4.69, 9.17) is 0 Å². The Balaban J connectivity index is 0.00000218. The number of hydrogen-bond donors (Lipinski definition) is 2. The molecule has 5 aromatic rings. The van der Waals surface area contributed by atoms with Gasteiger partial charge in [-0.05, 0) is 60.5 Å². The van der Waals surface area contributed by atoms with Gasteiger partial charge in [-0.1, -0.05) is 12.1 Å². The molecule has 4 aromatic heterocycles. The quantitative estimate of drug-likeness (QED) is 0.462. The fourth-order valence-corrected chi connectivity index (χ4v) is 3.58. The van der Waals surface area contributed by atoms with Crippen LogP contribution in [0.15, 0.2) is 53.5 Å². The molecule has 5 rings (SSSR count). The zero-order chi connectivity index (χ0) is 20.0. The molecular formula is C20H19ClN8O. The molecule has 0 unspecified atom stereocenters. The number of pyridine rings is 1. The van der Waals surface area contributed by atoms with E-state index in [9.17, 15) is 4.79 Å². The first-order chi connectivity index (χ1) is 14.1. The van der Waals surface area contributed by atoms with Gasteiger partial charge in [-0.25, -0.2) is 9.78 Å². The maximum atomic E-state index is 12.4. The van der Waals surface area contributed by atoms with E-state index in [1.165, 1.54) is 0 Å². The first-order valence-electron chi connectivity index (χ1n) is 9.17. The lowest BCUT2D eigenvalue weighted by Gasteiger charge is -2.11. The molecule has 1 aromatic carbocycles. The molecule has 10 heteroatoms. The van der Waals surface area contributed by atoms with Gasteiger partial charge in [0.15, 0.2) is 5.65 Å². The smallest absolute Gasteiger partial charge is 0.311 e. The fraction of sp³-hybridized carbons (Fsp3) is 0.150. The van der Waals surface area contributed by atoms with Gasteiger partial charge in [0, 0.05) is 17.6 Å². The van der Waals surface area contributed by atoms with E-state index < -0.39 is 0 Å². The third kappa shape index (κ3) is 3.18. The normalized spacial score (nSPS) is 11.0. The number of nitrogens with zero attached hydrogens (tertiary/aromatic N) is 6. The number of tetrazole rings is 1. The molecule has 152 valence electrons. The predicted molar refractivity (Wildman–Crippen MR) is 115 cm³/mol. The van der Waals surface area contributed by atoms with Gasteiger partial charge in [0.25, 0.3) is 0 Å². The van der Waals surface area contributed by atoms with Crippen molar-refractivity contribution in [3.05, 3.63) is 76.0 Å². The molecule has 0 radical (unpaired) electrons. The molecule has 2 N–H and O–H groups in total. The molecule has 0 aliphatic carbocycles. The molecule has 0 saturated carbocycles. The van der Waals surface area contributed by atoms with E-state index in [1.54, 1.807) is 10.8 Å². The van der Waals surface area contributed by atoms with E-state index in [-0.39, 0.29) is 18.1 Å². The summed E-state index contributed by atoms with van der Waals surface area (Å²) in [5.74, 6) is 0.536. The number of benzene rings is 1. The van der Waals surface area contributed by atoms with Crippen LogP contribution in [0.3, 0.4) is 0 Å².